The van der Waals surface area contributed by atoms with Crippen LogP contribution in [0.3, 0.4) is 0 Å². The standard InChI is InChI=1S/C24H19ClFN7O2/c25-18-7-9-21(33-15-28-31-32-33)17(13-18)6-11-23(34)29-20(12-16-4-2-1-3-5-16)24(35)30-22-10-8-19(26)14-27-22/h1-11,13-15,20H,12H2,(H,29,34)(H,27,30,35)/t20-/m0/s1. The number of tetrazole rings is 1. The fourth-order valence-electron chi connectivity index (χ4n) is 3.25. The molecule has 0 radical (unpaired) electrons. The lowest BCUT2D eigenvalue weighted by atomic mass is 10.0. The predicted octanol–water partition coefficient (Wildman–Crippen LogP) is 3.23. The first-order valence-electron chi connectivity index (χ1n) is 10.5. The summed E-state index contributed by atoms with van der Waals surface area (Å²) in [6.45, 7) is 0. The number of hydrogen-bond donors (Lipinski definition) is 2. The Hall–Kier alpha value is -4.44. The van der Waals surface area contributed by atoms with Gasteiger partial charge in [-0.05, 0) is 52.4 Å². The normalized spacial score (nSPS) is 11.8. The molecule has 11 heteroatoms. The van der Waals surface area contributed by atoms with Gasteiger partial charge in [0.2, 0.25) is 11.8 Å². The molecular formula is C24H19ClFN7O2. The molecule has 2 N–H and O–H groups in total. The summed E-state index contributed by atoms with van der Waals surface area (Å²) in [6, 6.07) is 15.9. The zero-order chi connectivity index (χ0) is 24.6. The van der Waals surface area contributed by atoms with E-state index in [0.29, 0.717) is 16.3 Å². The number of carbonyl (C=O) groups is 2. The highest BCUT2D eigenvalue weighted by Gasteiger charge is 2.21. The van der Waals surface area contributed by atoms with Crippen molar-refractivity contribution in [1.82, 2.24) is 30.5 Å². The lowest BCUT2D eigenvalue weighted by Gasteiger charge is -2.17. The molecule has 0 aliphatic rings. The van der Waals surface area contributed by atoms with E-state index in [9.17, 15) is 14.0 Å². The summed E-state index contributed by atoms with van der Waals surface area (Å²) in [7, 11) is 0. The van der Waals surface area contributed by atoms with Gasteiger partial charge in [0.15, 0.2) is 0 Å². The van der Waals surface area contributed by atoms with Gasteiger partial charge in [0.05, 0.1) is 11.9 Å². The van der Waals surface area contributed by atoms with Gasteiger partial charge in [-0.25, -0.2) is 9.37 Å². The maximum absolute atomic E-state index is 13.1. The molecule has 0 fully saturated rings. The van der Waals surface area contributed by atoms with E-state index in [4.69, 9.17) is 11.6 Å². The Balaban J connectivity index is 1.52. The molecule has 0 bridgehead atoms. The van der Waals surface area contributed by atoms with Gasteiger partial charge in [0, 0.05) is 23.1 Å². The van der Waals surface area contributed by atoms with Gasteiger partial charge < -0.3 is 10.6 Å². The first-order valence-corrected chi connectivity index (χ1v) is 10.8. The Morgan fingerprint density at radius 3 is 2.66 bits per heavy atom. The van der Waals surface area contributed by atoms with Crippen molar-refractivity contribution >= 4 is 35.3 Å². The average molecular weight is 492 g/mol. The smallest absolute Gasteiger partial charge is 0.248 e. The minimum absolute atomic E-state index is 0.171. The van der Waals surface area contributed by atoms with Gasteiger partial charge >= 0.3 is 0 Å². The summed E-state index contributed by atoms with van der Waals surface area (Å²) in [4.78, 5) is 29.6. The molecule has 9 nitrogen and oxygen atoms in total. The fourth-order valence-corrected chi connectivity index (χ4v) is 3.43. The molecule has 0 unspecified atom stereocenters. The molecule has 0 saturated heterocycles. The van der Waals surface area contributed by atoms with Gasteiger partial charge in [-0.1, -0.05) is 41.9 Å². The summed E-state index contributed by atoms with van der Waals surface area (Å²) in [5, 5.41) is 16.9. The maximum Gasteiger partial charge on any atom is 0.248 e. The first kappa shape index (κ1) is 23.7. The molecule has 2 aromatic carbocycles. The highest BCUT2D eigenvalue weighted by atomic mass is 35.5. The zero-order valence-corrected chi connectivity index (χ0v) is 18.9. The van der Waals surface area contributed by atoms with Crippen LogP contribution < -0.4 is 10.6 Å². The average Bonchev–Trinajstić information content (AvgIpc) is 3.39. The van der Waals surface area contributed by atoms with Crippen LogP contribution in [0, 0.1) is 5.82 Å². The summed E-state index contributed by atoms with van der Waals surface area (Å²) in [5.41, 5.74) is 2.06. The Morgan fingerprint density at radius 2 is 1.94 bits per heavy atom. The second-order valence-corrected chi connectivity index (χ2v) is 7.83. The molecule has 0 aliphatic heterocycles. The van der Waals surface area contributed by atoms with Crippen LogP contribution in [0.5, 0.6) is 0 Å². The number of pyridine rings is 1. The molecular weight excluding hydrogens is 473 g/mol. The molecule has 2 amide bonds. The van der Waals surface area contributed by atoms with Gasteiger partial charge in [0.25, 0.3) is 0 Å². The van der Waals surface area contributed by atoms with Crippen LogP contribution in [-0.4, -0.2) is 43.0 Å². The van der Waals surface area contributed by atoms with E-state index in [1.807, 2.05) is 30.3 Å². The largest absolute Gasteiger partial charge is 0.340 e. The number of halogens is 2. The summed E-state index contributed by atoms with van der Waals surface area (Å²) < 4.78 is 14.6. The third-order valence-corrected chi connectivity index (χ3v) is 5.13. The number of nitrogens with one attached hydrogen (secondary N) is 2. The van der Waals surface area contributed by atoms with E-state index in [1.54, 1.807) is 24.3 Å². The lowest BCUT2D eigenvalue weighted by molar-refractivity contribution is -0.123. The molecule has 0 spiro atoms. The SMILES string of the molecule is O=C(C=Cc1cc(Cl)ccc1-n1cnnn1)N[C@@H](Cc1ccccc1)C(=O)Nc1ccc(F)cn1. The van der Waals surface area contributed by atoms with Gasteiger partial charge in [-0.15, -0.1) is 5.10 Å². The third-order valence-electron chi connectivity index (χ3n) is 4.89. The first-order chi connectivity index (χ1) is 17.0. The molecule has 1 atom stereocenters. The molecule has 4 aromatic rings. The van der Waals surface area contributed by atoms with Crippen molar-refractivity contribution in [2.24, 2.45) is 0 Å². The van der Waals surface area contributed by atoms with Crippen molar-refractivity contribution in [2.75, 3.05) is 5.32 Å². The zero-order valence-electron chi connectivity index (χ0n) is 18.2. The second-order valence-electron chi connectivity index (χ2n) is 7.39. The van der Waals surface area contributed by atoms with Gasteiger partial charge in [-0.3, -0.25) is 9.59 Å². The van der Waals surface area contributed by atoms with E-state index >= 15 is 0 Å². The molecule has 2 aromatic heterocycles. The lowest BCUT2D eigenvalue weighted by Crippen LogP contribution is -2.44. The summed E-state index contributed by atoms with van der Waals surface area (Å²) >= 11 is 6.12. The van der Waals surface area contributed by atoms with E-state index in [1.165, 1.54) is 29.2 Å². The highest BCUT2D eigenvalue weighted by molar-refractivity contribution is 6.30. The Morgan fingerprint density at radius 1 is 1.11 bits per heavy atom. The van der Waals surface area contributed by atoms with Gasteiger partial charge in [-0.2, -0.15) is 4.68 Å². The summed E-state index contributed by atoms with van der Waals surface area (Å²) in [5.74, 6) is -1.35. The van der Waals surface area contributed by atoms with E-state index in [0.717, 1.165) is 11.8 Å². The molecule has 176 valence electrons. The van der Waals surface area contributed by atoms with Gasteiger partial charge in [0.1, 0.15) is 24.0 Å². The number of amides is 2. The minimum Gasteiger partial charge on any atom is -0.340 e. The Bertz CT molecular complexity index is 1330. The van der Waals surface area contributed by atoms with Crippen molar-refractivity contribution in [2.45, 2.75) is 12.5 Å². The van der Waals surface area contributed by atoms with E-state index in [2.05, 4.69) is 31.1 Å². The molecule has 4 rings (SSSR count). The topological polar surface area (TPSA) is 115 Å². The number of carbonyl (C=O) groups excluding carboxylic acids is 2. The molecule has 35 heavy (non-hydrogen) atoms. The summed E-state index contributed by atoms with van der Waals surface area (Å²) in [6.07, 6.45) is 5.50. The van der Waals surface area contributed by atoms with Crippen molar-refractivity contribution in [3.8, 4) is 5.69 Å². The van der Waals surface area contributed by atoms with Crippen LogP contribution in [0.1, 0.15) is 11.1 Å². The number of hydrogen-bond acceptors (Lipinski definition) is 6. The van der Waals surface area contributed by atoms with Crippen LogP contribution in [0.15, 0.2) is 79.3 Å². The van der Waals surface area contributed by atoms with Crippen LogP contribution in [-0.2, 0) is 16.0 Å². The quantitative estimate of drug-likeness (QED) is 0.366. The van der Waals surface area contributed by atoms with Crippen molar-refractivity contribution in [3.05, 3.63) is 101 Å². The minimum atomic E-state index is -0.917. The van der Waals surface area contributed by atoms with Crippen LogP contribution >= 0.6 is 11.6 Å². The van der Waals surface area contributed by atoms with E-state index < -0.39 is 23.7 Å². The Kier molecular flexibility index (Phi) is 7.53. The van der Waals surface area contributed by atoms with Crippen molar-refractivity contribution in [1.29, 1.82) is 0 Å². The van der Waals surface area contributed by atoms with E-state index in [-0.39, 0.29) is 12.2 Å². The molecule has 0 aliphatic carbocycles. The number of rotatable bonds is 8. The molecule has 0 saturated carbocycles. The second kappa shape index (κ2) is 11.1. The van der Waals surface area contributed by atoms with Crippen LogP contribution in [0.4, 0.5) is 10.2 Å². The van der Waals surface area contributed by atoms with Crippen LogP contribution in [0.2, 0.25) is 5.02 Å². The van der Waals surface area contributed by atoms with Crippen molar-refractivity contribution < 1.29 is 14.0 Å². The number of nitrogens with zero attached hydrogens (tertiary/aromatic N) is 5. The fraction of sp³-hybridized carbons (Fsp3) is 0.0833. The number of anilines is 1. The predicted molar refractivity (Wildman–Crippen MR) is 128 cm³/mol. The highest BCUT2D eigenvalue weighted by Crippen LogP contribution is 2.20. The maximum atomic E-state index is 13.1. The third kappa shape index (κ3) is 6.55. The monoisotopic (exact) mass is 491 g/mol. The Labute approximate surface area is 204 Å². The molecule has 2 heterocycles. The van der Waals surface area contributed by atoms with Crippen molar-refractivity contribution in [3.63, 3.8) is 0 Å². The number of benzene rings is 2. The number of aromatic nitrogens is 5. The van der Waals surface area contributed by atoms with Crippen LogP contribution in [0.25, 0.3) is 11.8 Å².